The second-order valence-electron chi connectivity index (χ2n) is 6.07. The van der Waals surface area contributed by atoms with E-state index >= 15 is 0 Å². The second-order valence-corrected chi connectivity index (χ2v) is 6.88. The minimum absolute atomic E-state index is 0.261. The minimum atomic E-state index is -0.261. The lowest BCUT2D eigenvalue weighted by Gasteiger charge is -2.30. The van der Waals surface area contributed by atoms with Crippen molar-refractivity contribution < 1.29 is 9.59 Å². The topological polar surface area (TPSA) is 62.3 Å². The average Bonchev–Trinajstić information content (AvgIpc) is 2.63. The number of nitrogens with one attached hydrogen (secondary N) is 1. The number of nitrogens with zero attached hydrogens (tertiary/aromatic N) is 2. The van der Waals surface area contributed by atoms with Crippen LogP contribution in [0.25, 0.3) is 0 Å². The fourth-order valence-corrected chi connectivity index (χ4v) is 3.38. The Morgan fingerprint density at radius 3 is 2.72 bits per heavy atom. The molecule has 2 heterocycles. The number of hydrogen-bond donors (Lipinski definition) is 1. The maximum absolute atomic E-state index is 12.6. The van der Waals surface area contributed by atoms with E-state index in [9.17, 15) is 9.59 Å². The zero-order valence-electron chi connectivity index (χ0n) is 13.9. The lowest BCUT2D eigenvalue weighted by Crippen LogP contribution is -2.30. The SMILES string of the molecule is O=CCc1ccc(N2CCCCC2)c(NC(=O)c2cccc(Br)n2)c1. The molecule has 0 unspecified atom stereocenters. The number of carbonyl (C=O) groups is 2. The lowest BCUT2D eigenvalue weighted by atomic mass is 10.1. The van der Waals surface area contributed by atoms with Crippen LogP contribution < -0.4 is 10.2 Å². The first-order valence-electron chi connectivity index (χ1n) is 8.43. The van der Waals surface area contributed by atoms with Crippen molar-refractivity contribution in [2.45, 2.75) is 25.7 Å². The summed E-state index contributed by atoms with van der Waals surface area (Å²) in [7, 11) is 0. The number of pyridine rings is 1. The van der Waals surface area contributed by atoms with Gasteiger partial charge in [0.25, 0.3) is 5.91 Å². The van der Waals surface area contributed by atoms with Gasteiger partial charge in [-0.15, -0.1) is 0 Å². The van der Waals surface area contributed by atoms with Crippen molar-refractivity contribution in [3.63, 3.8) is 0 Å². The number of halogens is 1. The van der Waals surface area contributed by atoms with Crippen LogP contribution in [-0.2, 0) is 11.2 Å². The van der Waals surface area contributed by atoms with Crippen LogP contribution in [0, 0.1) is 0 Å². The van der Waals surface area contributed by atoms with Gasteiger partial charge in [0, 0.05) is 19.5 Å². The molecule has 1 amide bonds. The molecule has 0 radical (unpaired) electrons. The van der Waals surface area contributed by atoms with Crippen LogP contribution in [0.1, 0.15) is 35.3 Å². The number of aromatic nitrogens is 1. The smallest absolute Gasteiger partial charge is 0.274 e. The summed E-state index contributed by atoms with van der Waals surface area (Å²) in [6.07, 6.45) is 4.74. The first-order chi connectivity index (χ1) is 12.2. The van der Waals surface area contributed by atoms with E-state index in [2.05, 4.69) is 31.1 Å². The molecule has 130 valence electrons. The van der Waals surface area contributed by atoms with Crippen LogP contribution in [0.4, 0.5) is 11.4 Å². The van der Waals surface area contributed by atoms with Crippen LogP contribution in [0.3, 0.4) is 0 Å². The first-order valence-corrected chi connectivity index (χ1v) is 9.22. The number of aldehydes is 1. The number of piperidine rings is 1. The van der Waals surface area contributed by atoms with E-state index in [4.69, 9.17) is 0 Å². The highest BCUT2D eigenvalue weighted by Gasteiger charge is 2.17. The zero-order chi connectivity index (χ0) is 17.6. The Labute approximate surface area is 155 Å². The molecule has 1 fully saturated rings. The molecule has 1 aliphatic rings. The van der Waals surface area contributed by atoms with Crippen LogP contribution in [0.2, 0.25) is 0 Å². The Kier molecular flexibility index (Phi) is 5.81. The lowest BCUT2D eigenvalue weighted by molar-refractivity contribution is -0.107. The highest BCUT2D eigenvalue weighted by molar-refractivity contribution is 9.10. The van der Waals surface area contributed by atoms with Crippen molar-refractivity contribution in [2.24, 2.45) is 0 Å². The number of amides is 1. The normalized spacial score (nSPS) is 14.2. The van der Waals surface area contributed by atoms with Gasteiger partial charge in [-0.05, 0) is 65.0 Å². The highest BCUT2D eigenvalue weighted by atomic mass is 79.9. The Hall–Kier alpha value is -2.21. The molecule has 0 aliphatic carbocycles. The van der Waals surface area contributed by atoms with Crippen molar-refractivity contribution in [1.82, 2.24) is 4.98 Å². The predicted molar refractivity (Wildman–Crippen MR) is 102 cm³/mol. The fourth-order valence-electron chi connectivity index (χ4n) is 3.04. The van der Waals surface area contributed by atoms with Gasteiger partial charge in [-0.2, -0.15) is 0 Å². The van der Waals surface area contributed by atoms with Crippen LogP contribution in [0.5, 0.6) is 0 Å². The number of rotatable bonds is 5. The molecule has 6 heteroatoms. The molecule has 0 saturated carbocycles. The second kappa shape index (κ2) is 8.25. The van der Waals surface area contributed by atoms with E-state index in [1.54, 1.807) is 18.2 Å². The monoisotopic (exact) mass is 401 g/mol. The standard InChI is InChI=1S/C19H20BrN3O2/c20-18-6-4-5-15(21-18)19(25)22-16-13-14(9-12-24)7-8-17(16)23-10-2-1-3-11-23/h4-8,12-13H,1-3,9-11H2,(H,22,25). The number of hydrogen-bond acceptors (Lipinski definition) is 4. The molecular weight excluding hydrogens is 382 g/mol. The van der Waals surface area contributed by atoms with Crippen LogP contribution >= 0.6 is 15.9 Å². The molecule has 25 heavy (non-hydrogen) atoms. The molecule has 1 aliphatic heterocycles. The summed E-state index contributed by atoms with van der Waals surface area (Å²) in [5, 5.41) is 2.97. The largest absolute Gasteiger partial charge is 0.370 e. The fraction of sp³-hybridized carbons (Fsp3) is 0.316. The zero-order valence-corrected chi connectivity index (χ0v) is 15.5. The van der Waals surface area contributed by atoms with Gasteiger partial charge < -0.3 is 15.0 Å². The van der Waals surface area contributed by atoms with Gasteiger partial charge in [-0.3, -0.25) is 4.79 Å². The molecule has 2 aromatic rings. The maximum Gasteiger partial charge on any atom is 0.274 e. The van der Waals surface area contributed by atoms with Gasteiger partial charge in [0.2, 0.25) is 0 Å². The van der Waals surface area contributed by atoms with Gasteiger partial charge in [0.1, 0.15) is 16.6 Å². The van der Waals surface area contributed by atoms with Crippen molar-refractivity contribution >= 4 is 39.5 Å². The quantitative estimate of drug-likeness (QED) is 0.610. The van der Waals surface area contributed by atoms with E-state index in [0.29, 0.717) is 16.7 Å². The molecule has 5 nitrogen and oxygen atoms in total. The Morgan fingerprint density at radius 2 is 2.00 bits per heavy atom. The Balaban J connectivity index is 1.89. The Bertz CT molecular complexity index is 773. The summed E-state index contributed by atoms with van der Waals surface area (Å²) < 4.78 is 0.617. The van der Waals surface area contributed by atoms with E-state index in [1.807, 2.05) is 18.2 Å². The molecule has 1 N–H and O–H groups in total. The molecular formula is C19H20BrN3O2. The molecule has 0 bridgehead atoms. The van der Waals surface area contributed by atoms with Gasteiger partial charge in [0.15, 0.2) is 0 Å². The van der Waals surface area contributed by atoms with Crippen LogP contribution in [-0.4, -0.2) is 30.3 Å². The summed E-state index contributed by atoms with van der Waals surface area (Å²) in [6, 6.07) is 11.1. The van der Waals surface area contributed by atoms with Gasteiger partial charge >= 0.3 is 0 Å². The summed E-state index contributed by atoms with van der Waals surface area (Å²) >= 11 is 3.29. The molecule has 1 aromatic carbocycles. The van der Waals surface area contributed by atoms with Gasteiger partial charge in [-0.1, -0.05) is 12.1 Å². The van der Waals surface area contributed by atoms with E-state index in [-0.39, 0.29) is 5.91 Å². The third-order valence-electron chi connectivity index (χ3n) is 4.27. The van der Waals surface area contributed by atoms with Crippen molar-refractivity contribution in [3.8, 4) is 0 Å². The minimum Gasteiger partial charge on any atom is -0.370 e. The highest BCUT2D eigenvalue weighted by Crippen LogP contribution is 2.30. The average molecular weight is 402 g/mol. The Morgan fingerprint density at radius 1 is 1.20 bits per heavy atom. The van der Waals surface area contributed by atoms with E-state index in [1.165, 1.54) is 6.42 Å². The first kappa shape index (κ1) is 17.6. The van der Waals surface area contributed by atoms with Crippen LogP contribution in [0.15, 0.2) is 41.0 Å². The third-order valence-corrected chi connectivity index (χ3v) is 4.71. The third kappa shape index (κ3) is 4.45. The summed E-state index contributed by atoms with van der Waals surface area (Å²) in [5.41, 5.74) is 2.96. The van der Waals surface area contributed by atoms with E-state index < -0.39 is 0 Å². The van der Waals surface area contributed by atoms with Gasteiger partial charge in [-0.25, -0.2) is 4.98 Å². The summed E-state index contributed by atoms with van der Waals surface area (Å²) in [5.74, 6) is -0.261. The maximum atomic E-state index is 12.6. The summed E-state index contributed by atoms with van der Waals surface area (Å²) in [4.78, 5) is 29.9. The number of carbonyl (C=O) groups excluding carboxylic acids is 2. The van der Waals surface area contributed by atoms with Gasteiger partial charge in [0.05, 0.1) is 11.4 Å². The summed E-state index contributed by atoms with van der Waals surface area (Å²) in [6.45, 7) is 1.95. The van der Waals surface area contributed by atoms with Crippen molar-refractivity contribution in [2.75, 3.05) is 23.3 Å². The molecule has 0 atom stereocenters. The van der Waals surface area contributed by atoms with Crippen molar-refractivity contribution in [1.29, 1.82) is 0 Å². The predicted octanol–water partition coefficient (Wildman–Crippen LogP) is 3.83. The van der Waals surface area contributed by atoms with Crippen molar-refractivity contribution in [3.05, 3.63) is 52.3 Å². The molecule has 1 saturated heterocycles. The number of benzene rings is 1. The molecule has 1 aromatic heterocycles. The number of anilines is 2. The van der Waals surface area contributed by atoms with E-state index in [0.717, 1.165) is 49.2 Å². The molecule has 3 rings (SSSR count). The molecule has 0 spiro atoms.